The van der Waals surface area contributed by atoms with Crippen molar-refractivity contribution < 1.29 is 4.79 Å². The van der Waals surface area contributed by atoms with Crippen LogP contribution in [0.5, 0.6) is 0 Å². The van der Waals surface area contributed by atoms with Gasteiger partial charge in [-0.3, -0.25) is 4.79 Å². The Morgan fingerprint density at radius 2 is 2.22 bits per heavy atom. The molecule has 0 heterocycles. The summed E-state index contributed by atoms with van der Waals surface area (Å²) in [5.41, 5.74) is 12.6. The van der Waals surface area contributed by atoms with E-state index in [0.29, 0.717) is 17.3 Å². The number of anilines is 2. The zero-order chi connectivity index (χ0) is 13.5. The Balaban J connectivity index is 2.62. The minimum atomic E-state index is -0.495. The number of benzene rings is 1. The number of carbonyl (C=O) groups excluding carboxylic acids is 1. The summed E-state index contributed by atoms with van der Waals surface area (Å²) in [5.74, 6) is 1.77. The zero-order valence-corrected chi connectivity index (χ0v) is 11.7. The topological polar surface area (TPSA) is 81.1 Å². The fourth-order valence-electron chi connectivity index (χ4n) is 1.62. The van der Waals surface area contributed by atoms with Gasteiger partial charge in [0.25, 0.3) is 5.91 Å². The first-order valence-corrected chi connectivity index (χ1v) is 7.23. The van der Waals surface area contributed by atoms with Crippen molar-refractivity contribution in [3.05, 3.63) is 23.8 Å². The van der Waals surface area contributed by atoms with Crippen molar-refractivity contribution in [2.24, 2.45) is 5.73 Å². The molecule has 1 unspecified atom stereocenters. The average Bonchev–Trinajstić information content (AvgIpc) is 2.31. The molecule has 18 heavy (non-hydrogen) atoms. The highest BCUT2D eigenvalue weighted by atomic mass is 32.2. The van der Waals surface area contributed by atoms with Crippen molar-refractivity contribution in [2.75, 3.05) is 22.6 Å². The van der Waals surface area contributed by atoms with Gasteiger partial charge in [-0.25, -0.2) is 0 Å². The largest absolute Gasteiger partial charge is 0.398 e. The van der Waals surface area contributed by atoms with E-state index in [4.69, 9.17) is 11.5 Å². The molecular weight excluding hydrogens is 246 g/mol. The van der Waals surface area contributed by atoms with Gasteiger partial charge in [-0.2, -0.15) is 11.8 Å². The quantitative estimate of drug-likeness (QED) is 0.523. The van der Waals surface area contributed by atoms with Crippen LogP contribution in [0.4, 0.5) is 11.4 Å². The van der Waals surface area contributed by atoms with Crippen molar-refractivity contribution in [2.45, 2.75) is 26.3 Å². The van der Waals surface area contributed by atoms with E-state index in [1.165, 1.54) is 0 Å². The molecule has 5 heteroatoms. The summed E-state index contributed by atoms with van der Waals surface area (Å²) in [4.78, 5) is 11.2. The molecule has 4 nitrogen and oxygen atoms in total. The lowest BCUT2D eigenvalue weighted by atomic mass is 10.1. The highest BCUT2D eigenvalue weighted by Gasteiger charge is 2.08. The van der Waals surface area contributed by atoms with Gasteiger partial charge < -0.3 is 16.8 Å². The lowest BCUT2D eigenvalue weighted by Gasteiger charge is -2.16. The number of nitrogen functional groups attached to an aromatic ring is 1. The first kappa shape index (κ1) is 14.7. The van der Waals surface area contributed by atoms with Gasteiger partial charge in [0.15, 0.2) is 0 Å². The van der Waals surface area contributed by atoms with E-state index in [-0.39, 0.29) is 0 Å². The number of thioether (sulfide) groups is 1. The Hall–Kier alpha value is -1.36. The van der Waals surface area contributed by atoms with Crippen LogP contribution in [-0.2, 0) is 0 Å². The van der Waals surface area contributed by atoms with Crippen LogP contribution < -0.4 is 16.8 Å². The molecule has 0 aliphatic rings. The van der Waals surface area contributed by atoms with Gasteiger partial charge in [0.1, 0.15) is 0 Å². The van der Waals surface area contributed by atoms with Crippen LogP contribution in [0.1, 0.15) is 30.6 Å². The number of rotatable bonds is 7. The molecule has 1 aromatic rings. The van der Waals surface area contributed by atoms with E-state index in [9.17, 15) is 4.79 Å². The van der Waals surface area contributed by atoms with Gasteiger partial charge in [-0.05, 0) is 43.0 Å². The fourth-order valence-corrected chi connectivity index (χ4v) is 2.43. The van der Waals surface area contributed by atoms with Crippen LogP contribution in [0.3, 0.4) is 0 Å². The van der Waals surface area contributed by atoms with Crippen LogP contribution in [0.15, 0.2) is 18.2 Å². The maximum absolute atomic E-state index is 11.2. The maximum Gasteiger partial charge on any atom is 0.250 e. The van der Waals surface area contributed by atoms with Crippen LogP contribution in [0.25, 0.3) is 0 Å². The summed E-state index contributed by atoms with van der Waals surface area (Å²) in [6.45, 7) is 4.28. The highest BCUT2D eigenvalue weighted by Crippen LogP contribution is 2.19. The third-order valence-corrected chi connectivity index (χ3v) is 3.56. The van der Waals surface area contributed by atoms with Gasteiger partial charge >= 0.3 is 0 Å². The molecule has 0 radical (unpaired) electrons. The van der Waals surface area contributed by atoms with Crippen molar-refractivity contribution in [3.63, 3.8) is 0 Å². The molecular formula is C13H21N3OS. The van der Waals surface area contributed by atoms with E-state index < -0.39 is 5.91 Å². The second kappa shape index (κ2) is 7.16. The number of primary amides is 1. The second-order valence-electron chi connectivity index (χ2n) is 4.20. The smallest absolute Gasteiger partial charge is 0.250 e. The van der Waals surface area contributed by atoms with E-state index in [0.717, 1.165) is 23.6 Å². The fraction of sp³-hybridized carbons (Fsp3) is 0.462. The molecule has 0 aliphatic heterocycles. The normalized spacial score (nSPS) is 12.1. The molecule has 1 amide bonds. The van der Waals surface area contributed by atoms with Gasteiger partial charge in [0.2, 0.25) is 0 Å². The molecule has 0 saturated carbocycles. The molecule has 5 N–H and O–H groups in total. The van der Waals surface area contributed by atoms with Crippen molar-refractivity contribution in [1.29, 1.82) is 0 Å². The van der Waals surface area contributed by atoms with Crippen LogP contribution in [0, 0.1) is 0 Å². The first-order valence-electron chi connectivity index (χ1n) is 6.08. The number of nitrogens with one attached hydrogen (secondary N) is 1. The monoisotopic (exact) mass is 267 g/mol. The summed E-state index contributed by atoms with van der Waals surface area (Å²) in [6.07, 6.45) is 1.08. The second-order valence-corrected chi connectivity index (χ2v) is 5.59. The number of hydrogen-bond donors (Lipinski definition) is 3. The van der Waals surface area contributed by atoms with Crippen molar-refractivity contribution in [1.82, 2.24) is 0 Å². The minimum Gasteiger partial charge on any atom is -0.398 e. The van der Waals surface area contributed by atoms with E-state index in [1.807, 2.05) is 17.8 Å². The van der Waals surface area contributed by atoms with Crippen LogP contribution >= 0.6 is 11.8 Å². The van der Waals surface area contributed by atoms with Gasteiger partial charge in [0, 0.05) is 17.4 Å². The van der Waals surface area contributed by atoms with Gasteiger partial charge in [0.05, 0.1) is 5.56 Å². The first-order chi connectivity index (χ1) is 8.54. The Kier molecular flexibility index (Phi) is 5.85. The van der Waals surface area contributed by atoms with Crippen LogP contribution in [0.2, 0.25) is 0 Å². The number of carbonyl (C=O) groups is 1. The molecule has 0 aliphatic carbocycles. The molecule has 1 atom stereocenters. The zero-order valence-electron chi connectivity index (χ0n) is 10.9. The Morgan fingerprint density at radius 3 is 2.83 bits per heavy atom. The standard InChI is InChI=1S/C13H21N3OS/c1-3-18-7-6-9(2)16-10-4-5-12(14)11(8-10)13(15)17/h4-5,8-9,16H,3,6-7,14H2,1-2H3,(H2,15,17). The molecule has 0 saturated heterocycles. The third-order valence-electron chi connectivity index (χ3n) is 2.63. The third kappa shape index (κ3) is 4.49. The number of nitrogens with two attached hydrogens (primary N) is 2. The van der Waals surface area contributed by atoms with E-state index in [2.05, 4.69) is 19.2 Å². The number of amides is 1. The van der Waals surface area contributed by atoms with E-state index >= 15 is 0 Å². The molecule has 0 bridgehead atoms. The average molecular weight is 267 g/mol. The molecule has 0 spiro atoms. The Bertz CT molecular complexity index is 409. The van der Waals surface area contributed by atoms with Crippen molar-refractivity contribution >= 4 is 29.0 Å². The SMILES string of the molecule is CCSCCC(C)Nc1ccc(N)c(C(N)=O)c1. The van der Waals surface area contributed by atoms with Crippen molar-refractivity contribution in [3.8, 4) is 0 Å². The summed E-state index contributed by atoms with van der Waals surface area (Å²) in [5, 5.41) is 3.35. The highest BCUT2D eigenvalue weighted by molar-refractivity contribution is 7.99. The summed E-state index contributed by atoms with van der Waals surface area (Å²) < 4.78 is 0. The summed E-state index contributed by atoms with van der Waals surface area (Å²) in [6, 6.07) is 5.64. The van der Waals surface area contributed by atoms with Gasteiger partial charge in [-0.1, -0.05) is 6.92 Å². The Labute approximate surface area is 113 Å². The molecule has 0 aromatic heterocycles. The molecule has 0 fully saturated rings. The Morgan fingerprint density at radius 1 is 1.50 bits per heavy atom. The predicted octanol–water partition coefficient (Wildman–Crippen LogP) is 2.31. The lowest BCUT2D eigenvalue weighted by molar-refractivity contribution is 0.100. The summed E-state index contributed by atoms with van der Waals surface area (Å²) in [7, 11) is 0. The minimum absolute atomic E-state index is 0.355. The lowest BCUT2D eigenvalue weighted by Crippen LogP contribution is -2.18. The van der Waals surface area contributed by atoms with Gasteiger partial charge in [-0.15, -0.1) is 0 Å². The number of hydrogen-bond acceptors (Lipinski definition) is 4. The molecule has 100 valence electrons. The molecule has 1 aromatic carbocycles. The maximum atomic E-state index is 11.2. The summed E-state index contributed by atoms with van der Waals surface area (Å²) >= 11 is 1.92. The predicted molar refractivity (Wildman–Crippen MR) is 80.1 cm³/mol. The molecule has 1 rings (SSSR count). The van der Waals surface area contributed by atoms with E-state index in [1.54, 1.807) is 12.1 Å². The van der Waals surface area contributed by atoms with Crippen LogP contribution in [-0.4, -0.2) is 23.5 Å².